The van der Waals surface area contributed by atoms with Crippen LogP contribution in [0.5, 0.6) is 5.75 Å². The highest BCUT2D eigenvalue weighted by atomic mass is 35.5. The van der Waals surface area contributed by atoms with Gasteiger partial charge >= 0.3 is 0 Å². The van der Waals surface area contributed by atoms with Crippen LogP contribution >= 0.6 is 11.6 Å². The van der Waals surface area contributed by atoms with Crippen LogP contribution in [0.15, 0.2) is 77.4 Å². The first-order valence-electron chi connectivity index (χ1n) is 7.74. The van der Waals surface area contributed by atoms with Crippen molar-refractivity contribution in [2.45, 2.75) is 0 Å². The average Bonchev–Trinajstić information content (AvgIpc) is 3.07. The summed E-state index contributed by atoms with van der Waals surface area (Å²) in [5.74, 6) is -0.0782. The summed E-state index contributed by atoms with van der Waals surface area (Å²) in [6.45, 7) is 0. The summed E-state index contributed by atoms with van der Waals surface area (Å²) in [5, 5.41) is 11.3. The molecule has 0 aliphatic heterocycles. The van der Waals surface area contributed by atoms with E-state index in [0.717, 1.165) is 22.1 Å². The summed E-state index contributed by atoms with van der Waals surface area (Å²) in [6, 6.07) is 20.2. The van der Waals surface area contributed by atoms with Crippen LogP contribution in [0.25, 0.3) is 22.1 Å². The molecule has 1 aromatic heterocycles. The number of fused-ring (bicyclic) bond motifs is 2. The predicted molar refractivity (Wildman–Crippen MR) is 98.2 cm³/mol. The molecule has 0 unspecified atom stereocenters. The number of hydrogen-bond acceptors (Lipinski definition) is 3. The standard InChI is InChI=1S/C13H7ClO2.C8H6O/c14-8-3-1-2-7(6-8)12(15)11-9-4-5-10(9)13(11)16;1-2-4-8-7(3-1)5-6-9-8/h1-6,16H;1-6H. The Morgan fingerprint density at radius 1 is 0.920 bits per heavy atom. The molecule has 122 valence electrons. The first kappa shape index (κ1) is 15.5. The maximum Gasteiger partial charge on any atom is 0.197 e. The molecular weight excluding hydrogens is 336 g/mol. The van der Waals surface area contributed by atoms with Gasteiger partial charge in [0.1, 0.15) is 11.3 Å². The summed E-state index contributed by atoms with van der Waals surface area (Å²) in [7, 11) is 0. The third kappa shape index (κ3) is 2.69. The van der Waals surface area contributed by atoms with Crippen molar-refractivity contribution in [2.24, 2.45) is 0 Å². The Bertz CT molecular complexity index is 1070. The lowest BCUT2D eigenvalue weighted by Gasteiger charge is -2.23. The molecule has 0 amide bonds. The van der Waals surface area contributed by atoms with Gasteiger partial charge in [-0.3, -0.25) is 4.79 Å². The molecule has 2 aliphatic rings. The third-order valence-corrected chi connectivity index (χ3v) is 4.38. The summed E-state index contributed by atoms with van der Waals surface area (Å²) < 4.78 is 5.12. The van der Waals surface area contributed by atoms with Crippen molar-refractivity contribution >= 4 is 28.4 Å². The summed E-state index contributed by atoms with van der Waals surface area (Å²) in [5.41, 5.74) is 3.49. The van der Waals surface area contributed by atoms with E-state index in [2.05, 4.69) is 0 Å². The summed E-state index contributed by atoms with van der Waals surface area (Å²) >= 11 is 5.81. The maximum absolute atomic E-state index is 12.0. The second-order valence-corrected chi connectivity index (χ2v) is 6.12. The molecule has 0 atom stereocenters. The van der Waals surface area contributed by atoms with Crippen LogP contribution in [0.4, 0.5) is 0 Å². The Hall–Kier alpha value is -3.04. The maximum atomic E-state index is 12.0. The minimum Gasteiger partial charge on any atom is -0.507 e. The van der Waals surface area contributed by atoms with Crippen LogP contribution in [-0.4, -0.2) is 10.9 Å². The highest BCUT2D eigenvalue weighted by Gasteiger charge is 2.30. The number of carbonyl (C=O) groups excluding carboxylic acids is 1. The highest BCUT2D eigenvalue weighted by Crippen LogP contribution is 2.48. The van der Waals surface area contributed by atoms with E-state index >= 15 is 0 Å². The van der Waals surface area contributed by atoms with Crippen LogP contribution in [0.1, 0.15) is 15.9 Å². The van der Waals surface area contributed by atoms with Gasteiger partial charge in [-0.05, 0) is 30.3 Å². The SMILES string of the molecule is O=C(c1cccc(Cl)c1)c1c2ccc-2c1O.c1ccc2occc2c1. The Kier molecular flexibility index (Phi) is 3.79. The molecule has 0 saturated carbocycles. The van der Waals surface area contributed by atoms with E-state index in [1.54, 1.807) is 36.6 Å². The van der Waals surface area contributed by atoms with Gasteiger partial charge in [-0.25, -0.2) is 0 Å². The lowest BCUT2D eigenvalue weighted by Crippen LogP contribution is -2.10. The first-order chi connectivity index (χ1) is 12.1. The second-order valence-electron chi connectivity index (χ2n) is 5.68. The molecule has 0 spiro atoms. The Labute approximate surface area is 149 Å². The van der Waals surface area contributed by atoms with Gasteiger partial charge in [-0.15, -0.1) is 0 Å². The molecule has 1 N–H and O–H groups in total. The van der Waals surface area contributed by atoms with E-state index in [1.807, 2.05) is 36.4 Å². The smallest absolute Gasteiger partial charge is 0.197 e. The van der Waals surface area contributed by atoms with Gasteiger partial charge in [-0.1, -0.05) is 48.0 Å². The fourth-order valence-electron chi connectivity index (χ4n) is 2.78. The van der Waals surface area contributed by atoms with Gasteiger partial charge in [0.15, 0.2) is 5.78 Å². The number of furan rings is 1. The van der Waals surface area contributed by atoms with Crippen LogP contribution in [-0.2, 0) is 0 Å². The van der Waals surface area contributed by atoms with Gasteiger partial charge in [0.05, 0.1) is 11.8 Å². The van der Waals surface area contributed by atoms with Crippen molar-refractivity contribution in [1.82, 2.24) is 0 Å². The fraction of sp³-hybridized carbons (Fsp3) is 0. The number of carbonyl (C=O) groups is 1. The van der Waals surface area contributed by atoms with Gasteiger partial charge in [-0.2, -0.15) is 0 Å². The van der Waals surface area contributed by atoms with Gasteiger partial charge < -0.3 is 9.52 Å². The number of rotatable bonds is 2. The number of benzene rings is 3. The topological polar surface area (TPSA) is 50.4 Å². The van der Waals surface area contributed by atoms with Gasteiger partial charge in [0, 0.05) is 27.1 Å². The van der Waals surface area contributed by atoms with Crippen molar-refractivity contribution < 1.29 is 14.3 Å². The van der Waals surface area contributed by atoms with Crippen molar-refractivity contribution in [3.63, 3.8) is 0 Å². The van der Waals surface area contributed by atoms with Crippen LogP contribution in [0.2, 0.25) is 5.02 Å². The largest absolute Gasteiger partial charge is 0.507 e. The molecule has 2 aliphatic carbocycles. The summed E-state index contributed by atoms with van der Waals surface area (Å²) in [4.78, 5) is 12.0. The lowest BCUT2D eigenvalue weighted by atomic mass is 9.81. The molecule has 4 heteroatoms. The van der Waals surface area contributed by atoms with E-state index < -0.39 is 0 Å². The molecule has 3 aromatic rings. The van der Waals surface area contributed by atoms with Gasteiger partial charge in [0.25, 0.3) is 0 Å². The molecule has 0 fully saturated rings. The second kappa shape index (κ2) is 6.11. The number of phenolic OH excluding ortho intramolecular Hbond substituents is 1. The minimum atomic E-state index is -0.178. The highest BCUT2D eigenvalue weighted by molar-refractivity contribution is 6.31. The van der Waals surface area contributed by atoms with E-state index in [1.165, 1.54) is 0 Å². The van der Waals surface area contributed by atoms with E-state index in [4.69, 9.17) is 16.0 Å². The molecule has 25 heavy (non-hydrogen) atoms. The van der Waals surface area contributed by atoms with E-state index in [9.17, 15) is 9.90 Å². The van der Waals surface area contributed by atoms with Gasteiger partial charge in [0.2, 0.25) is 0 Å². The average molecular weight is 349 g/mol. The first-order valence-corrected chi connectivity index (χ1v) is 8.12. The zero-order valence-electron chi connectivity index (χ0n) is 13.1. The lowest BCUT2D eigenvalue weighted by molar-refractivity contribution is 0.103. The molecule has 5 rings (SSSR count). The molecule has 0 bridgehead atoms. The number of aromatic hydroxyl groups is 1. The van der Waals surface area contributed by atoms with Crippen molar-refractivity contribution in [3.05, 3.63) is 89.1 Å². The minimum absolute atomic E-state index is 0.0995. The predicted octanol–water partition coefficient (Wildman–Crippen LogP) is 5.69. The quantitative estimate of drug-likeness (QED) is 0.417. The Balaban J connectivity index is 0.000000147. The molecule has 3 nitrogen and oxygen atoms in total. The fourth-order valence-corrected chi connectivity index (χ4v) is 2.97. The van der Waals surface area contributed by atoms with Crippen LogP contribution in [0.3, 0.4) is 0 Å². The van der Waals surface area contributed by atoms with Crippen molar-refractivity contribution in [1.29, 1.82) is 0 Å². The number of phenols is 1. The summed E-state index contributed by atoms with van der Waals surface area (Å²) in [6.07, 6.45) is 1.70. The molecule has 2 aromatic carbocycles. The number of ketones is 1. The molecular formula is C21H13ClO3. The zero-order chi connectivity index (χ0) is 17.4. The molecule has 0 radical (unpaired) electrons. The monoisotopic (exact) mass is 348 g/mol. The van der Waals surface area contributed by atoms with E-state index in [0.29, 0.717) is 16.1 Å². The van der Waals surface area contributed by atoms with E-state index in [-0.39, 0.29) is 11.5 Å². The Morgan fingerprint density at radius 3 is 2.40 bits per heavy atom. The number of hydrogen-bond donors (Lipinski definition) is 1. The number of para-hydroxylation sites is 1. The van der Waals surface area contributed by atoms with Crippen molar-refractivity contribution in [2.75, 3.05) is 0 Å². The molecule has 1 heterocycles. The Morgan fingerprint density at radius 2 is 1.72 bits per heavy atom. The van der Waals surface area contributed by atoms with Crippen LogP contribution < -0.4 is 0 Å². The van der Waals surface area contributed by atoms with Crippen LogP contribution in [0, 0.1) is 0 Å². The number of halogens is 1. The molecule has 0 saturated heterocycles. The zero-order valence-corrected chi connectivity index (χ0v) is 13.8. The third-order valence-electron chi connectivity index (χ3n) is 4.14. The van der Waals surface area contributed by atoms with Crippen molar-refractivity contribution in [3.8, 4) is 16.9 Å². The normalized spacial score (nSPS) is 10.9.